The summed E-state index contributed by atoms with van der Waals surface area (Å²) in [6.45, 7) is 11.0. The minimum atomic E-state index is -0.668. The van der Waals surface area contributed by atoms with Crippen LogP contribution in [0, 0.1) is 13.8 Å². The summed E-state index contributed by atoms with van der Waals surface area (Å²) in [5, 5.41) is 9.52. The van der Waals surface area contributed by atoms with E-state index in [4.69, 9.17) is 4.74 Å². The third kappa shape index (κ3) is 5.14. The van der Waals surface area contributed by atoms with Gasteiger partial charge >= 0.3 is 0 Å². The number of amides is 2. The lowest BCUT2D eigenvalue weighted by Crippen LogP contribution is -2.61. The zero-order valence-electron chi connectivity index (χ0n) is 20.0. The zero-order chi connectivity index (χ0) is 23.6. The van der Waals surface area contributed by atoms with Gasteiger partial charge in [0, 0.05) is 62.4 Å². The number of fused-ring (bicyclic) bond motifs is 1. The molecule has 0 radical (unpaired) electrons. The van der Waals surface area contributed by atoms with Crippen molar-refractivity contribution in [2.75, 3.05) is 31.5 Å². The first kappa shape index (κ1) is 23.1. The lowest BCUT2D eigenvalue weighted by molar-refractivity contribution is -0.0285. The summed E-state index contributed by atoms with van der Waals surface area (Å²) in [6.07, 6.45) is 1.40. The fourth-order valence-electron chi connectivity index (χ4n) is 4.68. The Balaban J connectivity index is 1.31. The number of anilines is 1. The Labute approximate surface area is 195 Å². The second kappa shape index (κ2) is 9.43. The number of rotatable bonds is 6. The first-order valence-corrected chi connectivity index (χ1v) is 11.8. The maximum atomic E-state index is 12.7. The summed E-state index contributed by atoms with van der Waals surface area (Å²) >= 11 is 0. The first-order valence-electron chi connectivity index (χ1n) is 11.8. The number of nitrogens with zero attached hydrogens (tertiary/aromatic N) is 1. The van der Waals surface area contributed by atoms with Gasteiger partial charge in [0.05, 0.1) is 5.56 Å². The van der Waals surface area contributed by atoms with Gasteiger partial charge in [0.1, 0.15) is 5.75 Å². The number of likely N-dealkylation sites (tertiary alicyclic amines) is 1. The molecule has 2 aromatic carbocycles. The fraction of sp³-hybridized carbons (Fsp3) is 0.462. The summed E-state index contributed by atoms with van der Waals surface area (Å²) in [6, 6.07) is 11.8. The lowest BCUT2D eigenvalue weighted by atomic mass is 9.96. The van der Waals surface area contributed by atoms with Gasteiger partial charge in [0.15, 0.2) is 5.72 Å². The molecule has 3 N–H and O–H groups in total. The van der Waals surface area contributed by atoms with Gasteiger partial charge in [-0.1, -0.05) is 18.2 Å². The molecule has 0 aromatic heterocycles. The van der Waals surface area contributed by atoms with Crippen molar-refractivity contribution in [2.45, 2.75) is 52.3 Å². The van der Waals surface area contributed by atoms with Crippen LogP contribution < -0.4 is 20.7 Å². The second-order valence-corrected chi connectivity index (χ2v) is 9.42. The average Bonchev–Trinajstić information content (AvgIpc) is 2.74. The molecule has 0 aliphatic carbocycles. The van der Waals surface area contributed by atoms with E-state index >= 15 is 0 Å². The monoisotopic (exact) mass is 450 g/mol. The van der Waals surface area contributed by atoms with Gasteiger partial charge in [-0.2, -0.15) is 0 Å². The van der Waals surface area contributed by atoms with Crippen LogP contribution in [0.3, 0.4) is 0 Å². The molecule has 2 aliphatic heterocycles. The van der Waals surface area contributed by atoms with Crippen molar-refractivity contribution in [1.29, 1.82) is 0 Å². The van der Waals surface area contributed by atoms with E-state index in [-0.39, 0.29) is 11.8 Å². The van der Waals surface area contributed by atoms with E-state index in [0.29, 0.717) is 36.7 Å². The molecular formula is C26H34N4O3. The van der Waals surface area contributed by atoms with Gasteiger partial charge in [-0.25, -0.2) is 0 Å². The molecule has 0 saturated carbocycles. The molecule has 0 atom stereocenters. The number of aryl methyl sites for hydroxylation is 2. The van der Waals surface area contributed by atoms with Crippen LogP contribution in [-0.2, 0) is 0 Å². The maximum Gasteiger partial charge on any atom is 0.258 e. The van der Waals surface area contributed by atoms with Gasteiger partial charge in [0.25, 0.3) is 11.8 Å². The molecular weight excluding hydrogens is 416 g/mol. The van der Waals surface area contributed by atoms with Crippen molar-refractivity contribution in [3.05, 3.63) is 58.7 Å². The third-order valence-electron chi connectivity index (χ3n) is 6.41. The van der Waals surface area contributed by atoms with Crippen LogP contribution in [-0.4, -0.2) is 54.7 Å². The van der Waals surface area contributed by atoms with Crippen LogP contribution in [0.2, 0.25) is 0 Å². The summed E-state index contributed by atoms with van der Waals surface area (Å²) in [5.41, 5.74) is 3.60. The van der Waals surface area contributed by atoms with E-state index in [9.17, 15) is 9.59 Å². The van der Waals surface area contributed by atoms with Crippen molar-refractivity contribution in [1.82, 2.24) is 15.5 Å². The second-order valence-electron chi connectivity index (χ2n) is 9.42. The molecule has 7 nitrogen and oxygen atoms in total. The number of benzene rings is 2. The molecule has 1 fully saturated rings. The zero-order valence-corrected chi connectivity index (χ0v) is 20.0. The largest absolute Gasteiger partial charge is 0.467 e. The molecule has 0 bridgehead atoms. The quantitative estimate of drug-likeness (QED) is 0.628. The lowest BCUT2D eigenvalue weighted by Gasteiger charge is -2.44. The van der Waals surface area contributed by atoms with E-state index < -0.39 is 5.72 Å². The molecule has 2 aromatic rings. The molecule has 2 amide bonds. The Morgan fingerprint density at radius 2 is 1.85 bits per heavy atom. The van der Waals surface area contributed by atoms with Crippen molar-refractivity contribution in [2.24, 2.45) is 0 Å². The fourth-order valence-corrected chi connectivity index (χ4v) is 4.68. The van der Waals surface area contributed by atoms with Gasteiger partial charge in [0.2, 0.25) is 0 Å². The molecule has 2 heterocycles. The van der Waals surface area contributed by atoms with Gasteiger partial charge in [-0.05, 0) is 51.0 Å². The molecule has 1 spiro atoms. The van der Waals surface area contributed by atoms with Crippen LogP contribution in [0.15, 0.2) is 36.4 Å². The van der Waals surface area contributed by atoms with Crippen LogP contribution in [0.1, 0.15) is 58.5 Å². The SMILES string of the molecule is Cc1cccc(C)c1C(=O)NCCN1CCC2(CC1)NC(=O)c1ccc(NC(C)C)cc1O2. The predicted molar refractivity (Wildman–Crippen MR) is 130 cm³/mol. The number of piperidine rings is 1. The predicted octanol–water partition coefficient (Wildman–Crippen LogP) is 3.47. The number of ether oxygens (including phenoxy) is 1. The molecule has 2 aliphatic rings. The summed E-state index contributed by atoms with van der Waals surface area (Å²) < 4.78 is 6.36. The van der Waals surface area contributed by atoms with E-state index in [2.05, 4.69) is 34.7 Å². The number of hydrogen-bond donors (Lipinski definition) is 3. The minimum Gasteiger partial charge on any atom is -0.467 e. The van der Waals surface area contributed by atoms with E-state index in [1.807, 2.05) is 50.2 Å². The third-order valence-corrected chi connectivity index (χ3v) is 6.41. The number of hydrogen-bond acceptors (Lipinski definition) is 5. The smallest absolute Gasteiger partial charge is 0.258 e. The Morgan fingerprint density at radius 3 is 2.52 bits per heavy atom. The van der Waals surface area contributed by atoms with Crippen LogP contribution in [0.4, 0.5) is 5.69 Å². The Bertz CT molecular complexity index is 1020. The summed E-state index contributed by atoms with van der Waals surface area (Å²) in [4.78, 5) is 27.7. The normalized spacial score (nSPS) is 17.3. The Hall–Kier alpha value is -3.06. The van der Waals surface area contributed by atoms with Gasteiger partial charge in [-0.15, -0.1) is 0 Å². The molecule has 33 heavy (non-hydrogen) atoms. The minimum absolute atomic E-state index is 0.0237. The molecule has 7 heteroatoms. The Kier molecular flexibility index (Phi) is 6.61. The number of carbonyl (C=O) groups excluding carboxylic acids is 2. The summed E-state index contributed by atoms with van der Waals surface area (Å²) in [5.74, 6) is 0.532. The summed E-state index contributed by atoms with van der Waals surface area (Å²) in [7, 11) is 0. The average molecular weight is 451 g/mol. The first-order chi connectivity index (χ1) is 15.8. The topological polar surface area (TPSA) is 82.7 Å². The van der Waals surface area contributed by atoms with Crippen molar-refractivity contribution in [3.63, 3.8) is 0 Å². The van der Waals surface area contributed by atoms with Gasteiger partial charge in [-0.3, -0.25) is 9.59 Å². The highest BCUT2D eigenvalue weighted by Gasteiger charge is 2.42. The van der Waals surface area contributed by atoms with Crippen LogP contribution in [0.5, 0.6) is 5.75 Å². The highest BCUT2D eigenvalue weighted by atomic mass is 16.5. The standard InChI is InChI=1S/C26H34N4O3/c1-17(2)28-20-8-9-21-22(16-20)33-26(29-24(21)31)10-13-30(14-11-26)15-12-27-25(32)23-18(3)6-5-7-19(23)4/h5-9,16-17,28H,10-15H2,1-4H3,(H,27,32)(H,29,31). The van der Waals surface area contributed by atoms with Crippen molar-refractivity contribution in [3.8, 4) is 5.75 Å². The Morgan fingerprint density at radius 1 is 1.15 bits per heavy atom. The highest BCUT2D eigenvalue weighted by Crippen LogP contribution is 2.35. The van der Waals surface area contributed by atoms with E-state index in [1.165, 1.54) is 0 Å². The number of nitrogens with one attached hydrogen (secondary N) is 3. The molecule has 4 rings (SSSR count). The van der Waals surface area contributed by atoms with Crippen LogP contribution in [0.25, 0.3) is 0 Å². The van der Waals surface area contributed by atoms with Gasteiger partial charge < -0.3 is 25.6 Å². The van der Waals surface area contributed by atoms with Crippen molar-refractivity contribution < 1.29 is 14.3 Å². The molecule has 176 valence electrons. The molecule has 0 unspecified atom stereocenters. The van der Waals surface area contributed by atoms with Crippen molar-refractivity contribution >= 4 is 17.5 Å². The van der Waals surface area contributed by atoms with E-state index in [1.54, 1.807) is 0 Å². The molecule has 1 saturated heterocycles. The maximum absolute atomic E-state index is 12.7. The highest BCUT2D eigenvalue weighted by molar-refractivity contribution is 5.99. The number of carbonyl (C=O) groups is 2. The van der Waals surface area contributed by atoms with E-state index in [0.717, 1.165) is 42.0 Å². The van der Waals surface area contributed by atoms with Crippen LogP contribution >= 0.6 is 0 Å².